The quantitative estimate of drug-likeness (QED) is 0.778. The molecule has 1 heterocycles. The van der Waals surface area contributed by atoms with Gasteiger partial charge in [-0.3, -0.25) is 0 Å². The van der Waals surface area contributed by atoms with Gasteiger partial charge in [-0.1, -0.05) is 11.6 Å². The van der Waals surface area contributed by atoms with Gasteiger partial charge in [0.15, 0.2) is 0 Å². The Morgan fingerprint density at radius 3 is 2.85 bits per heavy atom. The van der Waals surface area contributed by atoms with Crippen molar-refractivity contribution in [1.82, 2.24) is 4.98 Å². The Morgan fingerprint density at radius 2 is 2.23 bits per heavy atom. The van der Waals surface area contributed by atoms with Crippen LogP contribution in [0.1, 0.15) is 0 Å². The van der Waals surface area contributed by atoms with Gasteiger partial charge in [0, 0.05) is 9.50 Å². The van der Waals surface area contributed by atoms with Crippen molar-refractivity contribution < 1.29 is 4.42 Å². The van der Waals surface area contributed by atoms with Gasteiger partial charge in [0.2, 0.25) is 5.89 Å². The lowest BCUT2D eigenvalue weighted by molar-refractivity contribution is 0.574. The third kappa shape index (κ3) is 1.76. The fraction of sp³-hybridized carbons (Fsp3) is 0. The summed E-state index contributed by atoms with van der Waals surface area (Å²) < 4.78 is 6.03. The molecular weight excluding hydrogens is 253 g/mol. The van der Waals surface area contributed by atoms with E-state index in [1.54, 1.807) is 18.3 Å². The van der Waals surface area contributed by atoms with Crippen LogP contribution in [0.25, 0.3) is 11.5 Å². The van der Waals surface area contributed by atoms with E-state index in [4.69, 9.17) is 16.0 Å². The summed E-state index contributed by atoms with van der Waals surface area (Å²) in [5.41, 5.74) is 0.898. The van der Waals surface area contributed by atoms with Gasteiger partial charge in [-0.2, -0.15) is 0 Å². The summed E-state index contributed by atoms with van der Waals surface area (Å²) in [6, 6.07) is 5.46. The maximum atomic E-state index is 5.80. The van der Waals surface area contributed by atoms with Crippen LogP contribution in [0, 0.1) is 0 Å². The molecule has 0 N–H and O–H groups in total. The first-order valence-corrected chi connectivity index (χ1v) is 4.79. The lowest BCUT2D eigenvalue weighted by atomic mass is 10.2. The maximum Gasteiger partial charge on any atom is 0.227 e. The Balaban J connectivity index is 2.53. The Kier molecular flexibility index (Phi) is 2.38. The highest BCUT2D eigenvalue weighted by Crippen LogP contribution is 2.29. The van der Waals surface area contributed by atoms with Gasteiger partial charge in [0.25, 0.3) is 0 Å². The molecule has 0 atom stereocenters. The number of hydrogen-bond donors (Lipinski definition) is 0. The SMILES string of the molecule is Clc1ccc(-c2ncco2)c(Br)c1. The fourth-order valence-electron chi connectivity index (χ4n) is 1.02. The second-order valence-electron chi connectivity index (χ2n) is 2.46. The minimum atomic E-state index is 0.587. The summed E-state index contributed by atoms with van der Waals surface area (Å²) in [7, 11) is 0. The van der Waals surface area contributed by atoms with Crippen LogP contribution in [-0.4, -0.2) is 4.98 Å². The second kappa shape index (κ2) is 3.52. The van der Waals surface area contributed by atoms with Crippen LogP contribution >= 0.6 is 27.5 Å². The highest BCUT2D eigenvalue weighted by atomic mass is 79.9. The predicted octanol–water partition coefficient (Wildman–Crippen LogP) is 3.76. The van der Waals surface area contributed by atoms with E-state index in [1.807, 2.05) is 6.07 Å². The molecule has 1 aromatic carbocycles. The smallest absolute Gasteiger partial charge is 0.227 e. The van der Waals surface area contributed by atoms with Gasteiger partial charge < -0.3 is 4.42 Å². The number of oxazole rings is 1. The van der Waals surface area contributed by atoms with Crippen LogP contribution in [0.4, 0.5) is 0 Å². The zero-order valence-electron chi connectivity index (χ0n) is 6.50. The molecule has 1 aromatic heterocycles. The molecule has 2 rings (SSSR count). The normalized spacial score (nSPS) is 10.3. The minimum absolute atomic E-state index is 0.587. The molecule has 13 heavy (non-hydrogen) atoms. The highest BCUT2D eigenvalue weighted by Gasteiger charge is 2.06. The van der Waals surface area contributed by atoms with Crippen LogP contribution < -0.4 is 0 Å². The standard InChI is InChI=1S/C9H5BrClNO/c10-8-5-6(11)1-2-7(8)9-12-3-4-13-9/h1-5H. The molecule has 0 bridgehead atoms. The van der Waals surface area contributed by atoms with Gasteiger partial charge in [-0.15, -0.1) is 0 Å². The molecule has 66 valence electrons. The summed E-state index contributed by atoms with van der Waals surface area (Å²) >= 11 is 9.18. The van der Waals surface area contributed by atoms with Crippen molar-refractivity contribution in [2.75, 3.05) is 0 Å². The number of halogens is 2. The van der Waals surface area contributed by atoms with Gasteiger partial charge >= 0.3 is 0 Å². The molecule has 2 aromatic rings. The van der Waals surface area contributed by atoms with Gasteiger partial charge in [0.05, 0.1) is 11.8 Å². The largest absolute Gasteiger partial charge is 0.444 e. The Bertz CT molecular complexity index is 414. The van der Waals surface area contributed by atoms with Crippen molar-refractivity contribution in [3.8, 4) is 11.5 Å². The van der Waals surface area contributed by atoms with Crippen molar-refractivity contribution in [3.63, 3.8) is 0 Å². The van der Waals surface area contributed by atoms with Crippen LogP contribution in [0.5, 0.6) is 0 Å². The van der Waals surface area contributed by atoms with Crippen LogP contribution in [-0.2, 0) is 0 Å². The Labute approximate surface area is 88.7 Å². The van der Waals surface area contributed by atoms with Crippen molar-refractivity contribution in [2.45, 2.75) is 0 Å². The summed E-state index contributed by atoms with van der Waals surface area (Å²) in [5.74, 6) is 0.587. The van der Waals surface area contributed by atoms with E-state index in [9.17, 15) is 0 Å². The molecule has 0 radical (unpaired) electrons. The maximum absolute atomic E-state index is 5.80. The molecule has 0 aliphatic carbocycles. The molecule has 0 aliphatic heterocycles. The Morgan fingerprint density at radius 1 is 1.38 bits per heavy atom. The topological polar surface area (TPSA) is 26.0 Å². The third-order valence-corrected chi connectivity index (χ3v) is 2.49. The van der Waals surface area contributed by atoms with Gasteiger partial charge in [-0.25, -0.2) is 4.98 Å². The first-order chi connectivity index (χ1) is 6.27. The number of aromatic nitrogens is 1. The molecule has 0 saturated carbocycles. The van der Waals surface area contributed by atoms with E-state index in [0.717, 1.165) is 10.0 Å². The summed E-state index contributed by atoms with van der Waals surface area (Å²) in [6.07, 6.45) is 3.15. The van der Waals surface area contributed by atoms with Crippen LogP contribution in [0.15, 0.2) is 39.5 Å². The van der Waals surface area contributed by atoms with E-state index < -0.39 is 0 Å². The van der Waals surface area contributed by atoms with Gasteiger partial charge in [-0.05, 0) is 34.1 Å². The van der Waals surface area contributed by atoms with Crippen molar-refractivity contribution in [2.24, 2.45) is 0 Å². The average molecular weight is 259 g/mol. The number of rotatable bonds is 1. The lowest BCUT2D eigenvalue weighted by Gasteiger charge is -1.99. The van der Waals surface area contributed by atoms with Crippen molar-refractivity contribution >= 4 is 27.5 Å². The molecule has 2 nitrogen and oxygen atoms in total. The average Bonchev–Trinajstić information content (AvgIpc) is 2.56. The Hall–Kier alpha value is -0.800. The summed E-state index contributed by atoms with van der Waals surface area (Å²) in [6.45, 7) is 0. The molecule has 0 aliphatic rings. The molecule has 0 saturated heterocycles. The van der Waals surface area contributed by atoms with E-state index in [-0.39, 0.29) is 0 Å². The summed E-state index contributed by atoms with van der Waals surface area (Å²) in [5, 5.41) is 0.683. The zero-order valence-corrected chi connectivity index (χ0v) is 8.84. The second-order valence-corrected chi connectivity index (χ2v) is 3.75. The van der Waals surface area contributed by atoms with Gasteiger partial charge in [0.1, 0.15) is 6.26 Å². The molecule has 4 heteroatoms. The number of benzene rings is 1. The van der Waals surface area contributed by atoms with E-state index in [1.165, 1.54) is 6.26 Å². The molecule has 0 spiro atoms. The molecule has 0 amide bonds. The minimum Gasteiger partial charge on any atom is -0.444 e. The third-order valence-electron chi connectivity index (χ3n) is 1.59. The van der Waals surface area contributed by atoms with Crippen LogP contribution in [0.2, 0.25) is 5.02 Å². The first-order valence-electron chi connectivity index (χ1n) is 3.62. The molecule has 0 fully saturated rings. The fourth-order valence-corrected chi connectivity index (χ4v) is 1.87. The van der Waals surface area contributed by atoms with E-state index in [2.05, 4.69) is 20.9 Å². The first kappa shape index (κ1) is 8.78. The predicted molar refractivity (Wildman–Crippen MR) is 54.6 cm³/mol. The molecular formula is C9H5BrClNO. The lowest BCUT2D eigenvalue weighted by Crippen LogP contribution is -1.78. The van der Waals surface area contributed by atoms with Crippen molar-refractivity contribution in [3.05, 3.63) is 40.2 Å². The van der Waals surface area contributed by atoms with Crippen molar-refractivity contribution in [1.29, 1.82) is 0 Å². The van der Waals surface area contributed by atoms with E-state index >= 15 is 0 Å². The van der Waals surface area contributed by atoms with E-state index in [0.29, 0.717) is 10.9 Å². The number of nitrogens with zero attached hydrogens (tertiary/aromatic N) is 1. The molecule has 0 unspecified atom stereocenters. The number of hydrogen-bond acceptors (Lipinski definition) is 2. The zero-order chi connectivity index (χ0) is 9.26. The summed E-state index contributed by atoms with van der Waals surface area (Å²) in [4.78, 5) is 4.04. The van der Waals surface area contributed by atoms with Crippen LogP contribution in [0.3, 0.4) is 0 Å². The monoisotopic (exact) mass is 257 g/mol. The highest BCUT2D eigenvalue weighted by molar-refractivity contribution is 9.10.